The first-order valence-corrected chi connectivity index (χ1v) is 7.82. The quantitative estimate of drug-likeness (QED) is 0.399. The van der Waals surface area contributed by atoms with E-state index in [0.29, 0.717) is 0 Å². The summed E-state index contributed by atoms with van der Waals surface area (Å²) in [5.74, 6) is 0. The maximum absolute atomic E-state index is 1.90. The van der Waals surface area contributed by atoms with Gasteiger partial charge in [-0.1, -0.05) is 0 Å². The van der Waals surface area contributed by atoms with Crippen LogP contribution in [0.3, 0.4) is 0 Å². The molecule has 0 aromatic carbocycles. The van der Waals surface area contributed by atoms with Crippen LogP contribution in [-0.2, 0) is 47.0 Å². The molecule has 0 nitrogen and oxygen atoms in total. The number of hydrogen-bond acceptors (Lipinski definition) is 0. The Bertz CT molecular complexity index is 11.5. The molecule has 0 radical (unpaired) electrons. The molecular weight excluding hydrogens is 250 g/mol. The van der Waals surface area contributed by atoms with Gasteiger partial charge in [0.15, 0.2) is 0 Å². The molecule has 0 aliphatic heterocycles. The Morgan fingerprint density at radius 1 is 1.17 bits per heavy atom. The zero-order chi connectivity index (χ0) is 2.71. The van der Waals surface area contributed by atoms with Crippen molar-refractivity contribution in [1.29, 1.82) is 0 Å². The predicted octanol–water partition coefficient (Wildman–Crippen LogP) is -3.29. The molecule has 0 rings (SSSR count). The van der Waals surface area contributed by atoms with Crippen LogP contribution in [0.5, 0.6) is 0 Å². The maximum atomic E-state index is 1.90. The van der Waals surface area contributed by atoms with Gasteiger partial charge in [0.2, 0.25) is 0 Å². The Balaban J connectivity index is -0.00000000667. The van der Waals surface area contributed by atoms with Crippen molar-refractivity contribution < 1.29 is 47.0 Å². The van der Waals surface area contributed by atoms with Crippen LogP contribution < -0.4 is 0 Å². The molecule has 0 atom stereocenters. The zero-order valence-corrected chi connectivity index (χ0v) is 10.3. The monoisotopic (exact) mass is 256 g/mol. The third-order valence-corrected chi connectivity index (χ3v) is 0. The molecule has 0 bridgehead atoms. The van der Waals surface area contributed by atoms with Crippen molar-refractivity contribution in [3.8, 4) is 0 Å². The molecule has 0 saturated heterocycles. The molecule has 0 aliphatic carbocycles. The Labute approximate surface area is 86.8 Å². The van der Waals surface area contributed by atoms with E-state index in [1.807, 2.05) is 13.2 Å². The summed E-state index contributed by atoms with van der Waals surface area (Å²) in [6.07, 6.45) is 0. The van der Waals surface area contributed by atoms with E-state index in [0.717, 1.165) is 0 Å². The number of rotatable bonds is 0. The van der Waals surface area contributed by atoms with Gasteiger partial charge in [-0.25, -0.2) is 0 Å². The van der Waals surface area contributed by atoms with Gasteiger partial charge in [-0.05, 0) is 0 Å². The molecule has 0 saturated carbocycles. The zero-order valence-electron chi connectivity index (χ0n) is 3.04. The summed E-state index contributed by atoms with van der Waals surface area (Å²) in [6.45, 7) is 0. The Kier molecular flexibility index (Phi) is 98.0. The van der Waals surface area contributed by atoms with E-state index < -0.39 is 0 Å². The van der Waals surface area contributed by atoms with E-state index in [2.05, 4.69) is 0 Å². The van der Waals surface area contributed by atoms with Crippen LogP contribution in [0.25, 0.3) is 0 Å². The van der Waals surface area contributed by atoms with Crippen LogP contribution in [0.1, 0.15) is 0 Å². The number of hydrogen-bond donors (Lipinski definition) is 0. The Morgan fingerprint density at radius 3 is 1.17 bits per heavy atom. The van der Waals surface area contributed by atoms with Crippen LogP contribution in [0.2, 0.25) is 0 Å². The van der Waals surface area contributed by atoms with E-state index in [1.54, 1.807) is 0 Å². The van der Waals surface area contributed by atoms with Gasteiger partial charge in [-0.2, -0.15) is 0 Å². The molecule has 0 aromatic heterocycles. The van der Waals surface area contributed by atoms with Crippen molar-refractivity contribution in [1.82, 2.24) is 0 Å². The van der Waals surface area contributed by atoms with Crippen molar-refractivity contribution in [2.45, 2.75) is 0 Å². The predicted molar refractivity (Wildman–Crippen MR) is 28.4 cm³/mol. The minimum atomic E-state index is 0. The van der Waals surface area contributed by atoms with E-state index in [9.17, 15) is 0 Å². The van der Waals surface area contributed by atoms with Crippen LogP contribution in [-0.4, -0.2) is 40.9 Å². The molecule has 0 N–H and O–H groups in total. The molecule has 6 heavy (non-hydrogen) atoms. The van der Waals surface area contributed by atoms with E-state index in [4.69, 9.17) is 0 Å². The van der Waals surface area contributed by atoms with Gasteiger partial charge < -0.3 is 0 Å². The summed E-state index contributed by atoms with van der Waals surface area (Å²) in [7, 11) is 2.74. The fraction of sp³-hybridized carbons (Fsp3) is 0. The van der Waals surface area contributed by atoms with Gasteiger partial charge >= 0.3 is 54.1 Å². The third kappa shape index (κ3) is 29.7. The van der Waals surface area contributed by atoms with Crippen molar-refractivity contribution in [3.05, 3.63) is 0 Å². The van der Waals surface area contributed by atoms with Gasteiger partial charge in [0.05, 0.1) is 0 Å². The minimum absolute atomic E-state index is 0. The molecule has 0 spiro atoms. The fourth-order valence-corrected chi connectivity index (χ4v) is 0. The topological polar surface area (TPSA) is 0 Å². The standard InChI is InChI=1S/Cr.Mg.2Ni.2H3Si.2H/h;;;;2*1H3;;. The van der Waals surface area contributed by atoms with Crippen molar-refractivity contribution in [2.24, 2.45) is 0 Å². The van der Waals surface area contributed by atoms with E-state index >= 15 is 0 Å². The van der Waals surface area contributed by atoms with Crippen molar-refractivity contribution in [3.63, 3.8) is 0 Å². The Morgan fingerprint density at radius 2 is 1.17 bits per heavy atom. The van der Waals surface area contributed by atoms with E-state index in [1.165, 1.54) is 17.9 Å². The average Bonchev–Trinajstić information content (AvgIpc) is 0.918. The van der Waals surface area contributed by atoms with Gasteiger partial charge in [0.25, 0.3) is 0 Å². The van der Waals surface area contributed by atoms with Crippen LogP contribution in [0.15, 0.2) is 0 Å². The van der Waals surface area contributed by atoms with Gasteiger partial charge in [0.1, 0.15) is 0 Å². The molecular formula is H8CrMgNi2Si2. The second kappa shape index (κ2) is 25.2. The molecule has 6 heteroatoms. The Hall–Kier alpha value is 2.72. The summed E-state index contributed by atoms with van der Waals surface area (Å²) in [5, 5.41) is 0. The summed E-state index contributed by atoms with van der Waals surface area (Å²) in [6, 6.07) is 0. The van der Waals surface area contributed by atoms with Gasteiger partial charge in [0, 0.05) is 33.9 Å². The summed E-state index contributed by atoms with van der Waals surface area (Å²) in [4.78, 5) is 0. The first-order chi connectivity index (χ1) is 1.41. The van der Waals surface area contributed by atoms with Gasteiger partial charge in [-0.3, -0.25) is 0 Å². The van der Waals surface area contributed by atoms with Crippen LogP contribution in [0.4, 0.5) is 0 Å². The first kappa shape index (κ1) is 23.3. The molecule has 0 fully saturated rings. The molecule has 0 heterocycles. The molecule has 44 valence electrons. The summed E-state index contributed by atoms with van der Waals surface area (Å²) < 4.78 is 0. The SMILES string of the molecule is [Cr].[MgH2].[Ni].[SiH3][Ni][SiH3]. The van der Waals surface area contributed by atoms with Crippen molar-refractivity contribution in [2.75, 3.05) is 0 Å². The second-order valence-corrected chi connectivity index (χ2v) is 11.7. The average molecular weight is 258 g/mol. The molecule has 0 amide bonds. The van der Waals surface area contributed by atoms with E-state index in [-0.39, 0.29) is 56.9 Å². The second-order valence-electron chi connectivity index (χ2n) is 0.316. The summed E-state index contributed by atoms with van der Waals surface area (Å²) >= 11 is 1.90. The van der Waals surface area contributed by atoms with Crippen LogP contribution in [0, 0.1) is 0 Å². The van der Waals surface area contributed by atoms with Gasteiger partial charge in [-0.15, -0.1) is 0 Å². The molecule has 0 aromatic rings. The van der Waals surface area contributed by atoms with Crippen molar-refractivity contribution >= 4 is 40.9 Å². The fourth-order valence-electron chi connectivity index (χ4n) is 0. The molecule has 0 aliphatic rings. The molecule has 0 unspecified atom stereocenters. The normalized spacial score (nSPS) is 4.67. The first-order valence-electron chi connectivity index (χ1n) is 0.632. The third-order valence-electron chi connectivity index (χ3n) is 0. The van der Waals surface area contributed by atoms with Crippen LogP contribution >= 0.6 is 0 Å². The summed E-state index contributed by atoms with van der Waals surface area (Å²) in [5.41, 5.74) is 0.